The molecule has 0 N–H and O–H groups in total. The predicted molar refractivity (Wildman–Crippen MR) is 118 cm³/mol. The van der Waals surface area contributed by atoms with E-state index in [0.29, 0.717) is 12.3 Å². The molecule has 2 aromatic heterocycles. The number of nitro groups is 1. The molecule has 3 aromatic rings. The summed E-state index contributed by atoms with van der Waals surface area (Å²) in [5, 5.41) is 12.4. The highest BCUT2D eigenvalue weighted by Gasteiger charge is 2.23. The van der Waals surface area contributed by atoms with E-state index in [0.717, 1.165) is 59.5 Å². The second-order valence-corrected chi connectivity index (χ2v) is 9.33. The zero-order valence-corrected chi connectivity index (χ0v) is 18.0. The molecule has 0 radical (unpaired) electrons. The van der Waals surface area contributed by atoms with Crippen LogP contribution in [0.3, 0.4) is 0 Å². The van der Waals surface area contributed by atoms with Gasteiger partial charge in [0.05, 0.1) is 10.3 Å². The average Bonchev–Trinajstić information content (AvgIpc) is 3.29. The first-order valence-corrected chi connectivity index (χ1v) is 11.8. The standard InChI is InChI=1S/C21H23N3O3S2/c1-2-3-4-12-23-20(25)18-16-6-5-7-17(16)29-19(18)22-21(23)28-13-14-8-10-15(11-9-14)24(26)27/h8-11H,2-7,12-13H2,1H3. The topological polar surface area (TPSA) is 78.0 Å². The van der Waals surface area contributed by atoms with Crippen LogP contribution in [0.5, 0.6) is 0 Å². The summed E-state index contributed by atoms with van der Waals surface area (Å²) in [6, 6.07) is 6.57. The van der Waals surface area contributed by atoms with Crippen LogP contribution in [0.25, 0.3) is 10.2 Å². The monoisotopic (exact) mass is 429 g/mol. The summed E-state index contributed by atoms with van der Waals surface area (Å²) >= 11 is 3.20. The number of fused-ring (bicyclic) bond motifs is 3. The summed E-state index contributed by atoms with van der Waals surface area (Å²) in [4.78, 5) is 30.8. The van der Waals surface area contributed by atoms with Crippen molar-refractivity contribution in [2.24, 2.45) is 0 Å². The van der Waals surface area contributed by atoms with Crippen LogP contribution in [0.4, 0.5) is 5.69 Å². The highest BCUT2D eigenvalue weighted by Crippen LogP contribution is 2.36. The van der Waals surface area contributed by atoms with Crippen molar-refractivity contribution in [2.75, 3.05) is 0 Å². The van der Waals surface area contributed by atoms with E-state index in [1.165, 1.54) is 34.3 Å². The zero-order chi connectivity index (χ0) is 20.4. The van der Waals surface area contributed by atoms with Crippen molar-refractivity contribution in [3.8, 4) is 0 Å². The van der Waals surface area contributed by atoms with E-state index in [1.54, 1.807) is 23.5 Å². The van der Waals surface area contributed by atoms with Crippen molar-refractivity contribution < 1.29 is 4.92 Å². The van der Waals surface area contributed by atoms with Crippen molar-refractivity contribution in [1.82, 2.24) is 9.55 Å². The molecule has 1 aromatic carbocycles. The Bertz CT molecular complexity index is 1100. The van der Waals surface area contributed by atoms with Gasteiger partial charge < -0.3 is 0 Å². The Kier molecular flexibility index (Phi) is 6.01. The third-order valence-corrected chi connectivity index (χ3v) is 7.52. The van der Waals surface area contributed by atoms with Gasteiger partial charge in [-0.25, -0.2) is 4.98 Å². The second-order valence-electron chi connectivity index (χ2n) is 7.31. The lowest BCUT2D eigenvalue weighted by molar-refractivity contribution is -0.384. The first-order valence-electron chi connectivity index (χ1n) is 9.99. The smallest absolute Gasteiger partial charge is 0.269 e. The van der Waals surface area contributed by atoms with Crippen LogP contribution in [0.1, 0.15) is 48.6 Å². The maximum absolute atomic E-state index is 13.3. The molecule has 0 spiro atoms. The van der Waals surface area contributed by atoms with Gasteiger partial charge in [-0.05, 0) is 36.8 Å². The number of aryl methyl sites for hydroxylation is 2. The van der Waals surface area contributed by atoms with Crippen molar-refractivity contribution in [3.05, 3.63) is 60.7 Å². The number of unbranched alkanes of at least 4 members (excludes halogenated alkanes) is 2. The molecule has 0 amide bonds. The normalized spacial score (nSPS) is 13.1. The molecule has 4 rings (SSSR count). The summed E-state index contributed by atoms with van der Waals surface area (Å²) in [5.74, 6) is 0.620. The summed E-state index contributed by atoms with van der Waals surface area (Å²) in [5.41, 5.74) is 2.38. The van der Waals surface area contributed by atoms with Gasteiger partial charge in [0.2, 0.25) is 0 Å². The van der Waals surface area contributed by atoms with Crippen molar-refractivity contribution in [2.45, 2.75) is 62.9 Å². The van der Waals surface area contributed by atoms with Crippen LogP contribution >= 0.6 is 23.1 Å². The fourth-order valence-electron chi connectivity index (χ4n) is 3.75. The number of nitrogens with zero attached hydrogens (tertiary/aromatic N) is 3. The second kappa shape index (κ2) is 8.67. The highest BCUT2D eigenvalue weighted by atomic mass is 32.2. The van der Waals surface area contributed by atoms with Gasteiger partial charge in [0.1, 0.15) is 4.83 Å². The van der Waals surface area contributed by atoms with E-state index in [-0.39, 0.29) is 11.2 Å². The first kappa shape index (κ1) is 20.1. The predicted octanol–water partition coefficient (Wildman–Crippen LogP) is 5.34. The maximum atomic E-state index is 13.3. The third-order valence-electron chi connectivity index (χ3n) is 5.29. The molecular formula is C21H23N3O3S2. The third kappa shape index (κ3) is 4.09. The van der Waals surface area contributed by atoms with E-state index in [9.17, 15) is 14.9 Å². The van der Waals surface area contributed by atoms with Crippen molar-refractivity contribution >= 4 is 39.0 Å². The van der Waals surface area contributed by atoms with Gasteiger partial charge in [-0.15, -0.1) is 11.3 Å². The SMILES string of the molecule is CCCCCn1c(SCc2ccc([N+](=O)[O-])cc2)nc2sc3c(c2c1=O)CCC3. The van der Waals surface area contributed by atoms with Crippen LogP contribution < -0.4 is 5.56 Å². The maximum Gasteiger partial charge on any atom is 0.269 e. The fraction of sp³-hybridized carbons (Fsp3) is 0.429. The molecule has 0 aliphatic heterocycles. The summed E-state index contributed by atoms with van der Waals surface area (Å²) in [7, 11) is 0. The molecule has 8 heteroatoms. The van der Waals surface area contributed by atoms with E-state index >= 15 is 0 Å². The first-order chi connectivity index (χ1) is 14.1. The Labute approximate surface area is 177 Å². The van der Waals surface area contributed by atoms with E-state index < -0.39 is 4.92 Å². The minimum Gasteiger partial charge on any atom is -0.287 e. The molecule has 0 bridgehead atoms. The largest absolute Gasteiger partial charge is 0.287 e. The van der Waals surface area contributed by atoms with Crippen LogP contribution in [0, 0.1) is 10.1 Å². The number of benzene rings is 1. The van der Waals surface area contributed by atoms with Gasteiger partial charge in [-0.2, -0.15) is 0 Å². The van der Waals surface area contributed by atoms with Gasteiger partial charge in [-0.3, -0.25) is 19.5 Å². The summed E-state index contributed by atoms with van der Waals surface area (Å²) < 4.78 is 1.85. The van der Waals surface area contributed by atoms with Crippen LogP contribution in [-0.2, 0) is 25.1 Å². The number of nitro benzene ring substituents is 1. The Morgan fingerprint density at radius 1 is 1.24 bits per heavy atom. The molecule has 6 nitrogen and oxygen atoms in total. The van der Waals surface area contributed by atoms with Gasteiger partial charge >= 0.3 is 0 Å². The van der Waals surface area contributed by atoms with Crippen molar-refractivity contribution in [1.29, 1.82) is 0 Å². The van der Waals surface area contributed by atoms with Gasteiger partial charge in [0, 0.05) is 29.3 Å². The highest BCUT2D eigenvalue weighted by molar-refractivity contribution is 7.98. The lowest BCUT2D eigenvalue weighted by Crippen LogP contribution is -2.23. The fourth-order valence-corrected chi connectivity index (χ4v) is 6.03. The number of hydrogen-bond donors (Lipinski definition) is 0. The van der Waals surface area contributed by atoms with Gasteiger partial charge in [-0.1, -0.05) is 43.7 Å². The van der Waals surface area contributed by atoms with Crippen LogP contribution in [0.2, 0.25) is 0 Å². The zero-order valence-electron chi connectivity index (χ0n) is 16.3. The van der Waals surface area contributed by atoms with Gasteiger partial charge in [0.15, 0.2) is 5.16 Å². The number of thioether (sulfide) groups is 1. The molecule has 0 saturated carbocycles. The van der Waals surface area contributed by atoms with Crippen LogP contribution in [-0.4, -0.2) is 14.5 Å². The molecule has 29 heavy (non-hydrogen) atoms. The molecule has 1 aliphatic rings. The quantitative estimate of drug-likeness (QED) is 0.159. The molecule has 152 valence electrons. The molecule has 0 fully saturated rings. The number of rotatable bonds is 8. The van der Waals surface area contributed by atoms with E-state index in [4.69, 9.17) is 4.98 Å². The minimum absolute atomic E-state index is 0.0860. The lowest BCUT2D eigenvalue weighted by Gasteiger charge is -2.12. The molecule has 1 aliphatic carbocycles. The number of thiophene rings is 1. The number of non-ortho nitro benzene ring substituents is 1. The molecular weight excluding hydrogens is 406 g/mol. The minimum atomic E-state index is -0.395. The molecule has 2 heterocycles. The number of hydrogen-bond acceptors (Lipinski definition) is 6. The van der Waals surface area contributed by atoms with E-state index in [2.05, 4.69) is 6.92 Å². The summed E-state index contributed by atoms with van der Waals surface area (Å²) in [6.45, 7) is 2.84. The van der Waals surface area contributed by atoms with E-state index in [1.807, 2.05) is 4.57 Å². The average molecular weight is 430 g/mol. The Morgan fingerprint density at radius 3 is 2.76 bits per heavy atom. The molecule has 0 atom stereocenters. The van der Waals surface area contributed by atoms with Gasteiger partial charge in [0.25, 0.3) is 11.2 Å². The Balaban J connectivity index is 1.65. The number of aromatic nitrogens is 2. The lowest BCUT2D eigenvalue weighted by atomic mass is 10.2. The summed E-state index contributed by atoms with van der Waals surface area (Å²) in [6.07, 6.45) is 6.31. The van der Waals surface area contributed by atoms with Crippen LogP contribution in [0.15, 0.2) is 34.2 Å². The Hall–Kier alpha value is -2.19. The Morgan fingerprint density at radius 2 is 2.03 bits per heavy atom. The molecule has 0 unspecified atom stereocenters. The van der Waals surface area contributed by atoms with Crippen molar-refractivity contribution in [3.63, 3.8) is 0 Å². The molecule has 0 saturated heterocycles.